The molecular weight excluding hydrogens is 461 g/mol. The van der Waals surface area contributed by atoms with Gasteiger partial charge in [0, 0.05) is 19.6 Å². The van der Waals surface area contributed by atoms with Gasteiger partial charge in [-0.2, -0.15) is 5.10 Å². The molecule has 3 heterocycles. The normalized spacial score (nSPS) is 19.0. The van der Waals surface area contributed by atoms with Crippen molar-refractivity contribution in [1.29, 1.82) is 0 Å². The average molecular weight is 490 g/mol. The smallest absolute Gasteiger partial charge is 0.264 e. The Hall–Kier alpha value is -3.40. The molecule has 2 N–H and O–H groups in total. The average Bonchev–Trinajstić information content (AvgIpc) is 3.48. The summed E-state index contributed by atoms with van der Waals surface area (Å²) in [6.07, 6.45) is 5.67. The molecule has 186 valence electrons. The van der Waals surface area contributed by atoms with E-state index in [1.165, 1.54) is 39.5 Å². The summed E-state index contributed by atoms with van der Waals surface area (Å²) in [5.41, 5.74) is 1.29. The number of aliphatic hydroxyl groups is 2. The van der Waals surface area contributed by atoms with Gasteiger partial charge in [0.2, 0.25) is 0 Å². The number of hydrogen-bond donors (Lipinski definition) is 2. The standard InChI is InChI=1S/C27H28FN5O3/c28-21-5-7-22(8-6-21)33-24-23(15-30-33)25(34)32(18-29-24)17-26(35)11-13-31(14-12-26)16-19-1-3-20(4-2-19)27(36)9-10-27/h1-8,15,18,35-36H,9-14,16-17H2. The van der Waals surface area contributed by atoms with Crippen LogP contribution in [0.3, 0.4) is 0 Å². The highest BCUT2D eigenvalue weighted by Gasteiger charge is 2.42. The van der Waals surface area contributed by atoms with E-state index in [4.69, 9.17) is 0 Å². The van der Waals surface area contributed by atoms with Crippen molar-refractivity contribution in [1.82, 2.24) is 24.2 Å². The molecule has 9 heteroatoms. The Morgan fingerprint density at radius 3 is 2.31 bits per heavy atom. The van der Waals surface area contributed by atoms with Crippen LogP contribution in [-0.2, 0) is 18.7 Å². The van der Waals surface area contributed by atoms with E-state index in [1.807, 2.05) is 12.1 Å². The van der Waals surface area contributed by atoms with Crippen LogP contribution in [0.25, 0.3) is 16.7 Å². The van der Waals surface area contributed by atoms with Crippen molar-refractivity contribution in [3.63, 3.8) is 0 Å². The van der Waals surface area contributed by atoms with Crippen molar-refractivity contribution >= 4 is 11.0 Å². The van der Waals surface area contributed by atoms with Crippen molar-refractivity contribution in [2.24, 2.45) is 0 Å². The second kappa shape index (κ2) is 8.62. The van der Waals surface area contributed by atoms with Crippen LogP contribution in [-0.4, -0.2) is 53.1 Å². The number of benzene rings is 2. The summed E-state index contributed by atoms with van der Waals surface area (Å²) < 4.78 is 16.2. The maximum absolute atomic E-state index is 13.3. The van der Waals surface area contributed by atoms with Gasteiger partial charge >= 0.3 is 0 Å². The lowest BCUT2D eigenvalue weighted by atomic mass is 9.91. The maximum Gasteiger partial charge on any atom is 0.264 e. The lowest BCUT2D eigenvalue weighted by Gasteiger charge is -2.38. The zero-order valence-electron chi connectivity index (χ0n) is 19.8. The van der Waals surface area contributed by atoms with E-state index < -0.39 is 11.2 Å². The number of fused-ring (bicyclic) bond motifs is 1. The highest BCUT2D eigenvalue weighted by molar-refractivity contribution is 5.74. The molecule has 0 radical (unpaired) electrons. The third kappa shape index (κ3) is 4.34. The van der Waals surface area contributed by atoms with Gasteiger partial charge in [-0.1, -0.05) is 24.3 Å². The van der Waals surface area contributed by atoms with Crippen LogP contribution in [0.15, 0.2) is 65.8 Å². The number of rotatable bonds is 6. The molecule has 0 bridgehead atoms. The molecule has 0 atom stereocenters. The summed E-state index contributed by atoms with van der Waals surface area (Å²) in [7, 11) is 0. The van der Waals surface area contributed by atoms with Crippen LogP contribution < -0.4 is 5.56 Å². The molecular formula is C27H28FN5O3. The van der Waals surface area contributed by atoms with Crippen LogP contribution in [0.2, 0.25) is 0 Å². The summed E-state index contributed by atoms with van der Waals surface area (Å²) in [6, 6.07) is 14.0. The highest BCUT2D eigenvalue weighted by Crippen LogP contribution is 2.45. The summed E-state index contributed by atoms with van der Waals surface area (Å²) in [4.78, 5) is 19.8. The van der Waals surface area contributed by atoms with Crippen LogP contribution in [0.4, 0.5) is 4.39 Å². The zero-order valence-corrected chi connectivity index (χ0v) is 19.8. The van der Waals surface area contributed by atoms with Crippen LogP contribution in [0.5, 0.6) is 0 Å². The second-order valence-corrected chi connectivity index (χ2v) is 10.2. The first-order valence-corrected chi connectivity index (χ1v) is 12.3. The Labute approximate surface area is 207 Å². The molecule has 8 nitrogen and oxygen atoms in total. The van der Waals surface area contributed by atoms with Crippen LogP contribution in [0, 0.1) is 5.82 Å². The molecule has 2 fully saturated rings. The molecule has 6 rings (SSSR count). The van der Waals surface area contributed by atoms with Crippen LogP contribution >= 0.6 is 0 Å². The molecule has 1 saturated carbocycles. The lowest BCUT2D eigenvalue weighted by Crippen LogP contribution is -2.47. The summed E-state index contributed by atoms with van der Waals surface area (Å²) in [6.45, 7) is 2.38. The number of likely N-dealkylation sites (tertiary alicyclic amines) is 1. The van der Waals surface area contributed by atoms with E-state index in [9.17, 15) is 19.4 Å². The minimum absolute atomic E-state index is 0.164. The van der Waals surface area contributed by atoms with Gasteiger partial charge in [-0.25, -0.2) is 14.1 Å². The minimum atomic E-state index is -0.998. The molecule has 2 aliphatic rings. The van der Waals surface area contributed by atoms with Crippen molar-refractivity contribution in [3.8, 4) is 5.69 Å². The van der Waals surface area contributed by atoms with Crippen molar-refractivity contribution < 1.29 is 14.6 Å². The Morgan fingerprint density at radius 1 is 0.944 bits per heavy atom. The van der Waals surface area contributed by atoms with Gasteiger partial charge in [0.15, 0.2) is 5.65 Å². The van der Waals surface area contributed by atoms with Gasteiger partial charge in [-0.15, -0.1) is 0 Å². The van der Waals surface area contributed by atoms with E-state index in [0.29, 0.717) is 29.6 Å². The quantitative estimate of drug-likeness (QED) is 0.432. The molecule has 0 unspecified atom stereocenters. The number of halogens is 1. The van der Waals surface area contributed by atoms with E-state index >= 15 is 0 Å². The number of hydrogen-bond acceptors (Lipinski definition) is 6. The fourth-order valence-electron chi connectivity index (χ4n) is 5.02. The van der Waals surface area contributed by atoms with E-state index in [-0.39, 0.29) is 17.9 Å². The zero-order chi connectivity index (χ0) is 24.9. The third-order valence-corrected chi connectivity index (χ3v) is 7.50. The largest absolute Gasteiger partial charge is 0.388 e. The minimum Gasteiger partial charge on any atom is -0.388 e. The van der Waals surface area contributed by atoms with Gasteiger partial charge in [0.05, 0.1) is 29.6 Å². The SMILES string of the molecule is O=c1c2cnn(-c3ccc(F)cc3)c2ncn1CC1(O)CCN(Cc2ccc(C3(O)CC3)cc2)CC1. The number of aromatic nitrogens is 4. The molecule has 2 aromatic heterocycles. The molecule has 2 aromatic carbocycles. The molecule has 36 heavy (non-hydrogen) atoms. The van der Waals surface area contributed by atoms with Crippen molar-refractivity contribution in [2.45, 2.75) is 50.0 Å². The fourth-order valence-corrected chi connectivity index (χ4v) is 5.02. The Bertz CT molecular complexity index is 1450. The number of nitrogens with zero attached hydrogens (tertiary/aromatic N) is 5. The Morgan fingerprint density at radius 2 is 1.64 bits per heavy atom. The molecule has 0 spiro atoms. The monoisotopic (exact) mass is 489 g/mol. The van der Waals surface area contributed by atoms with E-state index in [1.54, 1.807) is 12.1 Å². The molecule has 1 aliphatic heterocycles. The summed E-state index contributed by atoms with van der Waals surface area (Å²) >= 11 is 0. The van der Waals surface area contributed by atoms with E-state index in [2.05, 4.69) is 27.1 Å². The van der Waals surface area contributed by atoms with Crippen molar-refractivity contribution in [3.05, 3.63) is 88.4 Å². The first kappa shape index (κ1) is 23.0. The second-order valence-electron chi connectivity index (χ2n) is 10.2. The Kier molecular flexibility index (Phi) is 5.51. The van der Waals surface area contributed by atoms with Crippen LogP contribution in [0.1, 0.15) is 36.8 Å². The predicted octanol–water partition coefficient (Wildman–Crippen LogP) is 2.73. The Balaban J connectivity index is 1.12. The summed E-state index contributed by atoms with van der Waals surface area (Å²) in [5.74, 6) is -0.351. The molecule has 0 amide bonds. The molecule has 1 saturated heterocycles. The molecule has 4 aromatic rings. The maximum atomic E-state index is 13.3. The van der Waals surface area contributed by atoms with Crippen molar-refractivity contribution in [2.75, 3.05) is 13.1 Å². The van der Waals surface area contributed by atoms with E-state index in [0.717, 1.165) is 38.0 Å². The van der Waals surface area contributed by atoms with Gasteiger partial charge in [0.1, 0.15) is 17.5 Å². The van der Waals surface area contributed by atoms with Gasteiger partial charge in [0.25, 0.3) is 5.56 Å². The van der Waals surface area contributed by atoms with Gasteiger partial charge < -0.3 is 10.2 Å². The van der Waals surface area contributed by atoms with Gasteiger partial charge in [-0.3, -0.25) is 14.3 Å². The first-order chi connectivity index (χ1) is 17.3. The molecule has 1 aliphatic carbocycles. The topological polar surface area (TPSA) is 96.4 Å². The number of piperidine rings is 1. The highest BCUT2D eigenvalue weighted by atomic mass is 19.1. The fraction of sp³-hybridized carbons (Fsp3) is 0.370. The van der Waals surface area contributed by atoms with Gasteiger partial charge in [-0.05, 0) is 61.1 Å². The predicted molar refractivity (Wildman–Crippen MR) is 132 cm³/mol. The first-order valence-electron chi connectivity index (χ1n) is 12.3. The summed E-state index contributed by atoms with van der Waals surface area (Å²) in [5, 5.41) is 26.1. The lowest BCUT2D eigenvalue weighted by molar-refractivity contribution is -0.0364. The third-order valence-electron chi connectivity index (χ3n) is 7.50.